The summed E-state index contributed by atoms with van der Waals surface area (Å²) in [7, 11) is -4.42. The molecule has 1 saturated heterocycles. The van der Waals surface area contributed by atoms with E-state index in [4.69, 9.17) is 5.11 Å². The van der Waals surface area contributed by atoms with Gasteiger partial charge in [0.25, 0.3) is 0 Å². The number of piperazine rings is 1. The van der Waals surface area contributed by atoms with E-state index in [1.54, 1.807) is 0 Å². The Morgan fingerprint density at radius 1 is 1.47 bits per heavy atom. The summed E-state index contributed by atoms with van der Waals surface area (Å²) >= 11 is 0. The first-order valence-corrected chi connectivity index (χ1v) is 6.43. The summed E-state index contributed by atoms with van der Waals surface area (Å²) in [6.45, 7) is 7.09. The minimum absolute atomic E-state index is 0. The van der Waals surface area contributed by atoms with Crippen molar-refractivity contribution in [3.8, 4) is 0 Å². The second kappa shape index (κ2) is 10.7. The van der Waals surface area contributed by atoms with E-state index >= 15 is 0 Å². The molecule has 17 heavy (non-hydrogen) atoms. The molecule has 9 heteroatoms. The Kier molecular flexibility index (Phi) is 12.6. The minimum atomic E-state index is -4.42. The second-order valence-corrected chi connectivity index (χ2v) is 4.28. The summed E-state index contributed by atoms with van der Waals surface area (Å²) in [6, 6.07) is 0. The summed E-state index contributed by atoms with van der Waals surface area (Å²) in [5, 5.41) is 12.3. The van der Waals surface area contributed by atoms with Crippen molar-refractivity contribution >= 4 is 10.4 Å². The molecular weight excluding hydrogens is 259 g/mol. The maximum absolute atomic E-state index is 9.45. The molecule has 0 saturated carbocycles. The number of rotatable bonds is 3. The Labute approximate surface area is 125 Å². The first-order chi connectivity index (χ1) is 7.37. The molecule has 1 aliphatic heterocycles. The predicted octanol–water partition coefficient (Wildman–Crippen LogP) is -4.28. The zero-order valence-corrected chi connectivity index (χ0v) is 13.4. The molecule has 7 nitrogen and oxygen atoms in total. The first-order valence-electron chi connectivity index (χ1n) is 5.10. The summed E-state index contributed by atoms with van der Waals surface area (Å²) in [5.74, 6) is 0. The van der Waals surface area contributed by atoms with E-state index in [9.17, 15) is 13.0 Å². The van der Waals surface area contributed by atoms with Crippen molar-refractivity contribution in [3.63, 3.8) is 0 Å². The van der Waals surface area contributed by atoms with Gasteiger partial charge in [0.1, 0.15) is 6.23 Å². The van der Waals surface area contributed by atoms with Gasteiger partial charge < -0.3 is 15.0 Å². The number of hydrogen-bond donors (Lipinski definition) is 2. The topological polar surface area (TPSA) is 102 Å². The van der Waals surface area contributed by atoms with Crippen LogP contribution in [0.4, 0.5) is 0 Å². The number of aliphatic hydroxyl groups excluding tert-OH is 1. The molecule has 1 rings (SSSR count). The third-order valence-corrected chi connectivity index (χ3v) is 2.47. The van der Waals surface area contributed by atoms with Crippen molar-refractivity contribution in [1.29, 1.82) is 0 Å². The van der Waals surface area contributed by atoms with Crippen molar-refractivity contribution < 1.29 is 51.8 Å². The van der Waals surface area contributed by atoms with Crippen LogP contribution in [0.2, 0.25) is 0 Å². The average Bonchev–Trinajstić information content (AvgIpc) is 2.18. The van der Waals surface area contributed by atoms with Crippen molar-refractivity contribution in [2.24, 2.45) is 0 Å². The van der Waals surface area contributed by atoms with Crippen molar-refractivity contribution in [2.75, 3.05) is 32.8 Å². The number of nitrogens with zero attached hydrogens (tertiary/aromatic N) is 1. The van der Waals surface area contributed by atoms with Crippen LogP contribution in [0.5, 0.6) is 0 Å². The number of nitrogens with one attached hydrogen (secondary N) is 1. The van der Waals surface area contributed by atoms with Crippen LogP contribution >= 0.6 is 0 Å². The van der Waals surface area contributed by atoms with Crippen molar-refractivity contribution in [2.45, 2.75) is 20.1 Å². The Hall–Kier alpha value is 0.750. The van der Waals surface area contributed by atoms with Gasteiger partial charge in [-0.1, -0.05) is 0 Å². The fourth-order valence-corrected chi connectivity index (χ4v) is 1.49. The van der Waals surface area contributed by atoms with Crippen LogP contribution in [0.15, 0.2) is 0 Å². The van der Waals surface area contributed by atoms with Gasteiger partial charge in [-0.2, -0.15) is 0 Å². The molecule has 1 fully saturated rings. The zero-order valence-electron chi connectivity index (χ0n) is 10.5. The molecule has 0 amide bonds. The SMILES string of the molecule is CC(O)N1CCNCC1.CCOS(=O)(=O)[O-].[Na+]. The van der Waals surface area contributed by atoms with E-state index in [1.165, 1.54) is 6.92 Å². The quantitative estimate of drug-likeness (QED) is 0.306. The molecular formula is C8H19N2NaO5S. The maximum atomic E-state index is 9.45. The Morgan fingerprint density at radius 3 is 2.12 bits per heavy atom. The average molecular weight is 278 g/mol. The summed E-state index contributed by atoms with van der Waals surface area (Å²) in [5.41, 5.74) is 0. The normalized spacial score (nSPS) is 18.6. The number of hydrogen-bond acceptors (Lipinski definition) is 7. The summed E-state index contributed by atoms with van der Waals surface area (Å²) in [4.78, 5) is 2.05. The molecule has 1 heterocycles. The van der Waals surface area contributed by atoms with Crippen LogP contribution in [-0.4, -0.2) is 62.0 Å². The molecule has 0 aromatic carbocycles. The molecule has 0 radical (unpaired) electrons. The van der Waals surface area contributed by atoms with Gasteiger partial charge >= 0.3 is 29.6 Å². The molecule has 0 aromatic rings. The number of aliphatic hydroxyl groups is 1. The van der Waals surface area contributed by atoms with Crippen LogP contribution in [0.1, 0.15) is 13.8 Å². The standard InChI is InChI=1S/C6H14N2O.C2H6O4S.Na/c1-6(9)8-4-2-7-3-5-8;1-2-6-7(3,4)5;/h6-7,9H,2-5H2,1H3;2H2,1H3,(H,3,4,5);/q;;+1/p-1. The molecule has 0 spiro atoms. The summed E-state index contributed by atoms with van der Waals surface area (Å²) < 4.78 is 32.0. The third-order valence-electron chi connectivity index (χ3n) is 1.94. The van der Waals surface area contributed by atoms with E-state index in [0.717, 1.165) is 26.2 Å². The molecule has 2 N–H and O–H groups in total. The zero-order chi connectivity index (χ0) is 12.6. The van der Waals surface area contributed by atoms with Gasteiger partial charge in [0, 0.05) is 26.2 Å². The molecule has 1 aliphatic rings. The molecule has 0 aromatic heterocycles. The molecule has 1 unspecified atom stereocenters. The maximum Gasteiger partial charge on any atom is 1.00 e. The smallest absolute Gasteiger partial charge is 0.726 e. The van der Waals surface area contributed by atoms with Crippen LogP contribution in [0, 0.1) is 0 Å². The van der Waals surface area contributed by atoms with Gasteiger partial charge in [0.2, 0.25) is 10.4 Å². The van der Waals surface area contributed by atoms with Crippen LogP contribution in [0.25, 0.3) is 0 Å². The Bertz CT molecular complexity index is 267. The molecule has 1 atom stereocenters. The fraction of sp³-hybridized carbons (Fsp3) is 1.00. The second-order valence-electron chi connectivity index (χ2n) is 3.23. The van der Waals surface area contributed by atoms with Crippen LogP contribution < -0.4 is 34.9 Å². The first kappa shape index (κ1) is 20.1. The summed E-state index contributed by atoms with van der Waals surface area (Å²) in [6.07, 6.45) is -0.271. The van der Waals surface area contributed by atoms with Gasteiger partial charge in [-0.3, -0.25) is 9.08 Å². The van der Waals surface area contributed by atoms with E-state index in [1.807, 2.05) is 6.92 Å². The monoisotopic (exact) mass is 278 g/mol. The Morgan fingerprint density at radius 2 is 1.94 bits per heavy atom. The van der Waals surface area contributed by atoms with Gasteiger partial charge in [0.05, 0.1) is 6.61 Å². The molecule has 0 bridgehead atoms. The largest absolute Gasteiger partial charge is 1.00 e. The van der Waals surface area contributed by atoms with Crippen molar-refractivity contribution in [1.82, 2.24) is 10.2 Å². The predicted molar refractivity (Wildman–Crippen MR) is 57.4 cm³/mol. The van der Waals surface area contributed by atoms with Crippen molar-refractivity contribution in [3.05, 3.63) is 0 Å². The van der Waals surface area contributed by atoms with Crippen LogP contribution in [-0.2, 0) is 14.6 Å². The van der Waals surface area contributed by atoms with E-state index in [2.05, 4.69) is 14.4 Å². The third kappa shape index (κ3) is 13.0. The van der Waals surface area contributed by atoms with Gasteiger partial charge in [-0.25, -0.2) is 8.42 Å². The Balaban J connectivity index is 0. The fourth-order valence-electron chi connectivity index (χ4n) is 1.20. The molecule has 98 valence electrons. The minimum Gasteiger partial charge on any atom is -0.726 e. The van der Waals surface area contributed by atoms with Crippen LogP contribution in [0.3, 0.4) is 0 Å². The van der Waals surface area contributed by atoms with E-state index < -0.39 is 10.4 Å². The van der Waals surface area contributed by atoms with Gasteiger partial charge in [-0.15, -0.1) is 0 Å². The van der Waals surface area contributed by atoms with E-state index in [-0.39, 0.29) is 42.4 Å². The van der Waals surface area contributed by atoms with Gasteiger partial charge in [0.15, 0.2) is 0 Å². The van der Waals surface area contributed by atoms with Gasteiger partial charge in [-0.05, 0) is 13.8 Å². The molecule has 0 aliphatic carbocycles. The van der Waals surface area contributed by atoms with E-state index in [0.29, 0.717) is 0 Å².